The third-order valence-corrected chi connectivity index (χ3v) is 5.46. The number of amides is 1. The van der Waals surface area contributed by atoms with Crippen LogP contribution in [0, 0.1) is 11.3 Å². The molecule has 3 aromatic rings. The zero-order valence-corrected chi connectivity index (χ0v) is 15.7. The van der Waals surface area contributed by atoms with E-state index in [9.17, 15) is 4.79 Å². The minimum atomic E-state index is -0.587. The third-order valence-electron chi connectivity index (χ3n) is 5.46. The van der Waals surface area contributed by atoms with Gasteiger partial charge in [-0.3, -0.25) is 14.5 Å². The van der Waals surface area contributed by atoms with Crippen LogP contribution in [0.3, 0.4) is 0 Å². The molecule has 1 aromatic carbocycles. The maximum atomic E-state index is 12.2. The van der Waals surface area contributed by atoms with Gasteiger partial charge in [-0.1, -0.05) is 31.2 Å². The van der Waals surface area contributed by atoms with Gasteiger partial charge in [-0.15, -0.1) is 0 Å². The molecule has 0 spiro atoms. The van der Waals surface area contributed by atoms with E-state index in [1.165, 1.54) is 24.6 Å². The van der Waals surface area contributed by atoms with E-state index < -0.39 is 11.8 Å². The molecule has 1 unspecified atom stereocenters. The number of primary amides is 1. The highest BCUT2D eigenvalue weighted by Crippen LogP contribution is 2.47. The highest BCUT2D eigenvalue weighted by Gasteiger charge is 2.39. The van der Waals surface area contributed by atoms with Crippen LogP contribution in [-0.2, 0) is 16.8 Å². The van der Waals surface area contributed by atoms with Crippen LogP contribution in [0.2, 0.25) is 0 Å². The summed E-state index contributed by atoms with van der Waals surface area (Å²) in [7, 11) is 0. The van der Waals surface area contributed by atoms with Gasteiger partial charge in [-0.05, 0) is 47.6 Å². The van der Waals surface area contributed by atoms with Crippen LogP contribution in [0.25, 0.3) is 0 Å². The number of hydrogen-bond acceptors (Lipinski definition) is 4. The van der Waals surface area contributed by atoms with Crippen molar-refractivity contribution in [2.75, 3.05) is 0 Å². The van der Waals surface area contributed by atoms with Crippen LogP contribution < -0.4 is 5.73 Å². The molecule has 1 amide bonds. The van der Waals surface area contributed by atoms with E-state index in [-0.39, 0.29) is 5.41 Å². The molecule has 2 heterocycles. The molecular weight excluding hydrogens is 350 g/mol. The summed E-state index contributed by atoms with van der Waals surface area (Å²) < 4.78 is 1.72. The zero-order valence-electron chi connectivity index (χ0n) is 15.7. The molecule has 1 aliphatic carbocycles. The van der Waals surface area contributed by atoms with Crippen molar-refractivity contribution in [1.82, 2.24) is 14.8 Å². The molecule has 1 saturated carbocycles. The summed E-state index contributed by atoms with van der Waals surface area (Å²) in [5.41, 5.74) is 10.1. The first-order valence-corrected chi connectivity index (χ1v) is 9.27. The predicted octanol–water partition coefficient (Wildman–Crippen LogP) is 2.87. The average molecular weight is 371 g/mol. The van der Waals surface area contributed by atoms with Crippen LogP contribution in [0.15, 0.2) is 54.9 Å². The van der Waals surface area contributed by atoms with Crippen molar-refractivity contribution >= 4 is 5.91 Å². The van der Waals surface area contributed by atoms with Crippen molar-refractivity contribution in [2.24, 2.45) is 5.73 Å². The Morgan fingerprint density at radius 1 is 1.25 bits per heavy atom. The molecule has 140 valence electrons. The number of pyridine rings is 1. The maximum absolute atomic E-state index is 12.2. The maximum Gasteiger partial charge on any atom is 0.231 e. The molecule has 0 saturated heterocycles. The van der Waals surface area contributed by atoms with Gasteiger partial charge in [0.1, 0.15) is 12.0 Å². The zero-order chi connectivity index (χ0) is 19.7. The third kappa shape index (κ3) is 3.52. The lowest BCUT2D eigenvalue weighted by molar-refractivity contribution is -0.118. The topological polar surface area (TPSA) is 97.6 Å². The highest BCUT2D eigenvalue weighted by molar-refractivity contribution is 5.85. The van der Waals surface area contributed by atoms with Crippen molar-refractivity contribution in [3.63, 3.8) is 0 Å². The summed E-state index contributed by atoms with van der Waals surface area (Å²) in [5, 5.41) is 13.4. The molecule has 6 nitrogen and oxygen atoms in total. The molecule has 0 aliphatic heterocycles. The molecule has 4 rings (SSSR count). The molecule has 2 aromatic heterocycles. The van der Waals surface area contributed by atoms with Crippen LogP contribution in [0.4, 0.5) is 0 Å². The second-order valence-corrected chi connectivity index (χ2v) is 7.61. The molecule has 1 fully saturated rings. The summed E-state index contributed by atoms with van der Waals surface area (Å²) in [6.07, 6.45) is 5.76. The first kappa shape index (κ1) is 17.9. The fraction of sp³-hybridized carbons (Fsp3) is 0.273. The monoisotopic (exact) mass is 371 g/mol. The number of nitriles is 1. The minimum Gasteiger partial charge on any atom is -0.369 e. The summed E-state index contributed by atoms with van der Waals surface area (Å²) in [4.78, 5) is 16.4. The molecule has 1 aliphatic rings. The highest BCUT2D eigenvalue weighted by atomic mass is 16.1. The molecule has 0 bridgehead atoms. The van der Waals surface area contributed by atoms with Crippen LogP contribution in [0.5, 0.6) is 0 Å². The van der Waals surface area contributed by atoms with Crippen molar-refractivity contribution < 1.29 is 4.79 Å². The molecule has 28 heavy (non-hydrogen) atoms. The lowest BCUT2D eigenvalue weighted by atomic mass is 9.91. The van der Waals surface area contributed by atoms with E-state index in [4.69, 9.17) is 11.0 Å². The normalized spacial score (nSPS) is 15.6. The number of hydrogen-bond donors (Lipinski definition) is 1. The second kappa shape index (κ2) is 6.93. The van der Waals surface area contributed by atoms with E-state index >= 15 is 0 Å². The van der Waals surface area contributed by atoms with Gasteiger partial charge in [0.15, 0.2) is 0 Å². The quantitative estimate of drug-likeness (QED) is 0.720. The number of carbonyl (C=O) groups excluding carboxylic acids is 1. The minimum absolute atomic E-state index is 0.288. The van der Waals surface area contributed by atoms with Gasteiger partial charge in [0, 0.05) is 12.4 Å². The first-order chi connectivity index (χ1) is 13.5. The largest absolute Gasteiger partial charge is 0.369 e. The summed E-state index contributed by atoms with van der Waals surface area (Å²) in [5.74, 6) is -1.01. The van der Waals surface area contributed by atoms with Gasteiger partial charge in [0.25, 0.3) is 0 Å². The Kier molecular flexibility index (Phi) is 4.44. The number of nitrogens with two attached hydrogens (primary N) is 1. The summed E-state index contributed by atoms with van der Waals surface area (Å²) in [6.45, 7) is 2.71. The Balaban J connectivity index is 1.55. The van der Waals surface area contributed by atoms with Gasteiger partial charge >= 0.3 is 0 Å². The van der Waals surface area contributed by atoms with Crippen molar-refractivity contribution in [1.29, 1.82) is 5.26 Å². The molecule has 0 radical (unpaired) electrons. The van der Waals surface area contributed by atoms with Gasteiger partial charge in [-0.25, -0.2) is 0 Å². The van der Waals surface area contributed by atoms with Crippen molar-refractivity contribution in [2.45, 2.75) is 37.6 Å². The summed E-state index contributed by atoms with van der Waals surface area (Å²) in [6, 6.07) is 15.5. The lowest BCUT2D eigenvalue weighted by Crippen LogP contribution is -2.23. The lowest BCUT2D eigenvalue weighted by Gasteiger charge is -2.14. The molecule has 1 atom stereocenters. The molecule has 6 heteroatoms. The smallest absolute Gasteiger partial charge is 0.231 e. The van der Waals surface area contributed by atoms with E-state index in [0.29, 0.717) is 17.8 Å². The molecule has 2 N–H and O–H groups in total. The Bertz CT molecular complexity index is 1040. The van der Waals surface area contributed by atoms with Crippen LogP contribution >= 0.6 is 0 Å². The fourth-order valence-corrected chi connectivity index (χ4v) is 3.40. The van der Waals surface area contributed by atoms with Gasteiger partial charge in [0.05, 0.1) is 23.5 Å². The van der Waals surface area contributed by atoms with Gasteiger partial charge in [-0.2, -0.15) is 10.4 Å². The Morgan fingerprint density at radius 2 is 2.00 bits per heavy atom. The van der Waals surface area contributed by atoms with E-state index in [0.717, 1.165) is 11.3 Å². The number of rotatable bonds is 6. The number of carbonyl (C=O) groups is 1. The Labute approximate surface area is 163 Å². The van der Waals surface area contributed by atoms with Crippen molar-refractivity contribution in [3.05, 3.63) is 82.9 Å². The van der Waals surface area contributed by atoms with Crippen LogP contribution in [0.1, 0.15) is 53.8 Å². The van der Waals surface area contributed by atoms with E-state index in [1.54, 1.807) is 16.8 Å². The first-order valence-electron chi connectivity index (χ1n) is 9.27. The molecular formula is C22H21N5O. The average Bonchev–Trinajstić information content (AvgIpc) is 3.29. The van der Waals surface area contributed by atoms with E-state index in [2.05, 4.69) is 29.1 Å². The standard InChI is InChI=1S/C22H21N5O/c1-22(9-10-22)17-5-3-16(4-6-17)20(21(24)28)19-8-11-27(26-19)14-18-7-2-15(12-23)13-25-18/h2-8,11,13,20H,9-10,14H2,1H3,(H2,24,28). The van der Waals surface area contributed by atoms with Crippen LogP contribution in [-0.4, -0.2) is 20.7 Å². The second-order valence-electron chi connectivity index (χ2n) is 7.61. The Morgan fingerprint density at radius 3 is 2.57 bits per heavy atom. The van der Waals surface area contributed by atoms with Gasteiger partial charge in [0.2, 0.25) is 5.91 Å². The SMILES string of the molecule is CC1(c2ccc(C(C(N)=O)c3ccn(Cc4ccc(C#N)cn4)n3)cc2)CC1. The Hall–Kier alpha value is -3.46. The predicted molar refractivity (Wildman–Crippen MR) is 104 cm³/mol. The van der Waals surface area contributed by atoms with Gasteiger partial charge < -0.3 is 5.73 Å². The fourth-order valence-electron chi connectivity index (χ4n) is 3.40. The number of benzene rings is 1. The van der Waals surface area contributed by atoms with Crippen molar-refractivity contribution in [3.8, 4) is 6.07 Å². The number of nitrogens with zero attached hydrogens (tertiary/aromatic N) is 4. The van der Waals surface area contributed by atoms with E-state index in [1.807, 2.05) is 30.5 Å². The number of aromatic nitrogens is 3. The summed E-state index contributed by atoms with van der Waals surface area (Å²) >= 11 is 0.